The van der Waals surface area contributed by atoms with Crippen LogP contribution in [0, 0.1) is 0 Å². The van der Waals surface area contributed by atoms with Crippen molar-refractivity contribution in [2.75, 3.05) is 28.2 Å². The van der Waals surface area contributed by atoms with E-state index in [2.05, 4.69) is 30.2 Å². The quantitative estimate of drug-likeness (QED) is 0.0521. The number of primary amides is 2. The zero-order chi connectivity index (χ0) is 46.5. The van der Waals surface area contributed by atoms with Crippen LogP contribution < -0.4 is 11.5 Å². The second-order valence-corrected chi connectivity index (χ2v) is 16.5. The fourth-order valence-electron chi connectivity index (χ4n) is 7.54. The number of amides is 2. The van der Waals surface area contributed by atoms with Gasteiger partial charge in [0.15, 0.2) is 24.1 Å². The minimum Gasteiger partial charge on any atom is -0.438 e. The van der Waals surface area contributed by atoms with Crippen molar-refractivity contribution >= 4 is 45.6 Å². The summed E-state index contributed by atoms with van der Waals surface area (Å²) < 4.78 is 22.7. The van der Waals surface area contributed by atoms with Gasteiger partial charge in [-0.1, -0.05) is 46.7 Å². The fraction of sp³-hybridized carbons (Fsp3) is 0.250. The van der Waals surface area contributed by atoms with Crippen LogP contribution in [0.3, 0.4) is 0 Å². The molecule has 4 aromatic carbocycles. The smallest absolute Gasteiger partial charge is 0.419 e. The third-order valence-corrected chi connectivity index (χ3v) is 11.2. The van der Waals surface area contributed by atoms with Gasteiger partial charge in [0.2, 0.25) is 23.6 Å². The SMILES string of the molecule is CN(C)C(Cc1c[nH]c2ccc(Cc3nc(Cc4ccc(C(N)=O)cc4)no3)cc12)OC(=O)C(=O)OC(Cc1c[nH]c2ccc(Cc3nc(Cc4ccc(C(N)=O)cc4)no3)cc12)N(C)C. The van der Waals surface area contributed by atoms with E-state index in [9.17, 15) is 19.2 Å². The monoisotopic (exact) mass is 892 g/mol. The molecular weight excluding hydrogens is 845 g/mol. The molecule has 2 unspecified atom stereocenters. The van der Waals surface area contributed by atoms with Crippen LogP contribution >= 0.6 is 0 Å². The molecule has 4 heterocycles. The van der Waals surface area contributed by atoms with Crippen LogP contribution in [0.5, 0.6) is 0 Å². The predicted molar refractivity (Wildman–Crippen MR) is 241 cm³/mol. The molecule has 0 saturated heterocycles. The average molecular weight is 893 g/mol. The minimum absolute atomic E-state index is 0.278. The number of carbonyl (C=O) groups is 4. The zero-order valence-electron chi connectivity index (χ0n) is 36.7. The molecule has 4 aromatic heterocycles. The summed E-state index contributed by atoms with van der Waals surface area (Å²) in [5.74, 6) is -1.30. The summed E-state index contributed by atoms with van der Waals surface area (Å²) in [6.45, 7) is 0. The van der Waals surface area contributed by atoms with Crippen LogP contribution in [0.15, 0.2) is 106 Å². The Labute approximate surface area is 378 Å². The molecule has 66 heavy (non-hydrogen) atoms. The van der Waals surface area contributed by atoms with E-state index in [1.54, 1.807) is 86.5 Å². The van der Waals surface area contributed by atoms with Gasteiger partial charge < -0.3 is 40.0 Å². The second-order valence-electron chi connectivity index (χ2n) is 16.5. The molecule has 0 aliphatic carbocycles. The molecular formula is C48H48N10O8. The van der Waals surface area contributed by atoms with Gasteiger partial charge in [-0.2, -0.15) is 9.97 Å². The van der Waals surface area contributed by atoms with E-state index < -0.39 is 36.2 Å². The van der Waals surface area contributed by atoms with Crippen molar-refractivity contribution in [3.05, 3.63) is 165 Å². The van der Waals surface area contributed by atoms with E-state index in [0.29, 0.717) is 60.2 Å². The lowest BCUT2D eigenvalue weighted by molar-refractivity contribution is -0.182. The highest BCUT2D eigenvalue weighted by Gasteiger charge is 2.29. The molecule has 0 radical (unpaired) electrons. The van der Waals surface area contributed by atoms with Crippen molar-refractivity contribution in [2.45, 2.75) is 51.0 Å². The number of nitrogens with two attached hydrogens (primary N) is 2. The molecule has 338 valence electrons. The summed E-state index contributed by atoms with van der Waals surface area (Å²) >= 11 is 0. The topological polar surface area (TPSA) is 255 Å². The number of hydrogen-bond acceptors (Lipinski definition) is 14. The van der Waals surface area contributed by atoms with Gasteiger partial charge in [-0.15, -0.1) is 0 Å². The maximum Gasteiger partial charge on any atom is 0.419 e. The van der Waals surface area contributed by atoms with Gasteiger partial charge in [0.25, 0.3) is 0 Å². The van der Waals surface area contributed by atoms with Crippen LogP contribution in [0.25, 0.3) is 21.8 Å². The Kier molecular flexibility index (Phi) is 13.1. The predicted octanol–water partition coefficient (Wildman–Crippen LogP) is 4.62. The van der Waals surface area contributed by atoms with Gasteiger partial charge >= 0.3 is 11.9 Å². The maximum absolute atomic E-state index is 13.4. The number of H-pyrrole nitrogens is 2. The largest absolute Gasteiger partial charge is 0.438 e. The van der Waals surface area contributed by atoms with Crippen molar-refractivity contribution in [3.63, 3.8) is 0 Å². The van der Waals surface area contributed by atoms with Gasteiger partial charge in [0.1, 0.15) is 0 Å². The van der Waals surface area contributed by atoms with Crippen molar-refractivity contribution in [1.82, 2.24) is 40.0 Å². The number of esters is 2. The Hall–Kier alpha value is -7.96. The number of aromatic amines is 2. The molecule has 0 saturated carbocycles. The Bertz CT molecular complexity index is 2820. The number of nitrogens with zero attached hydrogens (tertiary/aromatic N) is 6. The fourth-order valence-corrected chi connectivity index (χ4v) is 7.54. The Morgan fingerprint density at radius 2 is 0.939 bits per heavy atom. The Morgan fingerprint density at radius 1 is 0.561 bits per heavy atom. The van der Waals surface area contributed by atoms with Gasteiger partial charge in [0.05, 0.1) is 12.8 Å². The van der Waals surface area contributed by atoms with E-state index >= 15 is 0 Å². The number of rotatable bonds is 18. The van der Waals surface area contributed by atoms with Gasteiger partial charge in [-0.05, 0) is 110 Å². The first-order valence-corrected chi connectivity index (χ1v) is 21.1. The number of nitrogens with one attached hydrogen (secondary N) is 2. The highest BCUT2D eigenvalue weighted by atomic mass is 16.6. The number of likely N-dealkylation sites (N-methyl/N-ethyl adjacent to an activating group) is 2. The van der Waals surface area contributed by atoms with E-state index in [4.69, 9.17) is 30.0 Å². The Balaban J connectivity index is 0.876. The summed E-state index contributed by atoms with van der Waals surface area (Å²) in [5, 5.41) is 10.1. The zero-order valence-corrected chi connectivity index (χ0v) is 36.7. The molecule has 18 nitrogen and oxygen atoms in total. The van der Waals surface area contributed by atoms with Gasteiger partial charge in [0, 0.05) is 71.0 Å². The standard InChI is InChI=1S/C48H48N10O8/c1-57(2)43(23-33-25-51-37-15-9-29(17-35(33)37)21-41-53-39(55-65-41)19-27-5-11-31(12-6-27)45(49)59)63-47(61)48(62)64-44(58(3)4)24-34-26-52-38-16-10-30(18-36(34)38)22-42-54-40(56-66-42)20-28-7-13-32(14-8-28)46(50)60/h5-18,25-26,43-44,51-52H,19-24H2,1-4H3,(H2,49,59)(H2,50,60). The first-order valence-electron chi connectivity index (χ1n) is 21.1. The molecule has 0 aliphatic rings. The van der Waals surface area contributed by atoms with Crippen molar-refractivity contribution in [1.29, 1.82) is 0 Å². The molecule has 6 N–H and O–H groups in total. The molecule has 18 heteroatoms. The van der Waals surface area contributed by atoms with Crippen LogP contribution in [-0.4, -0.2) is 104 Å². The minimum atomic E-state index is -1.11. The van der Waals surface area contributed by atoms with Gasteiger partial charge in [-0.3, -0.25) is 19.4 Å². The highest BCUT2D eigenvalue weighted by molar-refractivity contribution is 6.29. The number of benzene rings is 4. The van der Waals surface area contributed by atoms with E-state index in [0.717, 1.165) is 55.2 Å². The molecule has 2 amide bonds. The number of fused-ring (bicyclic) bond motifs is 2. The van der Waals surface area contributed by atoms with Crippen molar-refractivity contribution < 1.29 is 37.7 Å². The third-order valence-electron chi connectivity index (χ3n) is 11.2. The summed E-state index contributed by atoms with van der Waals surface area (Å²) in [4.78, 5) is 68.7. The summed E-state index contributed by atoms with van der Waals surface area (Å²) in [6.07, 6.45) is 4.31. The van der Waals surface area contributed by atoms with E-state index in [-0.39, 0.29) is 12.8 Å². The molecule has 0 bridgehead atoms. The van der Waals surface area contributed by atoms with Crippen molar-refractivity contribution in [2.24, 2.45) is 11.5 Å². The number of hydrogen-bond donors (Lipinski definition) is 4. The van der Waals surface area contributed by atoms with Crippen LogP contribution in [-0.2, 0) is 57.6 Å². The lowest BCUT2D eigenvalue weighted by atomic mass is 10.0. The highest BCUT2D eigenvalue weighted by Crippen LogP contribution is 2.26. The average Bonchev–Trinajstić information content (AvgIpc) is 4.11. The molecule has 0 aliphatic heterocycles. The number of aromatic nitrogens is 6. The molecule has 8 aromatic rings. The second kappa shape index (κ2) is 19.4. The first kappa shape index (κ1) is 44.6. The number of carbonyl (C=O) groups excluding carboxylic acids is 4. The molecule has 0 fully saturated rings. The molecule has 2 atom stereocenters. The van der Waals surface area contributed by atoms with Crippen LogP contribution in [0.1, 0.15) is 77.5 Å². The molecule has 0 spiro atoms. The summed E-state index contributed by atoms with van der Waals surface area (Å²) in [5.41, 5.74) is 18.7. The molecule has 8 rings (SSSR count). The van der Waals surface area contributed by atoms with Crippen LogP contribution in [0.4, 0.5) is 0 Å². The number of ether oxygens (including phenoxy) is 2. The van der Waals surface area contributed by atoms with Crippen LogP contribution in [0.2, 0.25) is 0 Å². The van der Waals surface area contributed by atoms with E-state index in [1.165, 1.54) is 0 Å². The summed E-state index contributed by atoms with van der Waals surface area (Å²) in [7, 11) is 7.06. The normalized spacial score (nSPS) is 12.5. The van der Waals surface area contributed by atoms with Crippen molar-refractivity contribution in [3.8, 4) is 0 Å². The summed E-state index contributed by atoms with van der Waals surface area (Å²) in [6, 6.07) is 25.8. The lowest BCUT2D eigenvalue weighted by Crippen LogP contribution is -2.40. The maximum atomic E-state index is 13.4. The third kappa shape index (κ3) is 10.7. The lowest BCUT2D eigenvalue weighted by Gasteiger charge is -2.26. The Morgan fingerprint density at radius 3 is 1.30 bits per heavy atom. The van der Waals surface area contributed by atoms with Gasteiger partial charge in [-0.25, -0.2) is 9.59 Å². The van der Waals surface area contributed by atoms with E-state index in [1.807, 2.05) is 48.8 Å². The first-order chi connectivity index (χ1) is 31.7.